The molecule has 0 unspecified atom stereocenters. The van der Waals surface area contributed by atoms with E-state index in [0.717, 1.165) is 11.1 Å². The molecule has 0 saturated carbocycles. The average molecular weight is 421 g/mol. The Morgan fingerprint density at radius 2 is 1.83 bits per heavy atom. The Kier molecular flexibility index (Phi) is 7.26. The van der Waals surface area contributed by atoms with E-state index in [2.05, 4.69) is 5.32 Å². The third kappa shape index (κ3) is 5.07. The normalized spacial score (nSPS) is 12.6. The minimum absolute atomic E-state index is 0.00241. The van der Waals surface area contributed by atoms with Gasteiger partial charge in [0.2, 0.25) is 10.0 Å². The Morgan fingerprint density at radius 3 is 2.45 bits per heavy atom. The number of hydrogen-bond acceptors (Lipinski definition) is 5. The molecule has 2 aromatic rings. The predicted octanol–water partition coefficient (Wildman–Crippen LogP) is 3.45. The number of aromatic hydroxyl groups is 1. The first-order chi connectivity index (χ1) is 13.6. The fourth-order valence-corrected chi connectivity index (χ4v) is 4.30. The molecule has 0 aliphatic heterocycles. The van der Waals surface area contributed by atoms with Crippen molar-refractivity contribution >= 4 is 21.6 Å². The van der Waals surface area contributed by atoms with Crippen molar-refractivity contribution in [3.8, 4) is 11.5 Å². The van der Waals surface area contributed by atoms with Crippen LogP contribution in [0, 0.1) is 13.8 Å². The molecule has 158 valence electrons. The lowest BCUT2D eigenvalue weighted by Crippen LogP contribution is -2.31. The first-order valence-corrected chi connectivity index (χ1v) is 10.9. The Hall–Kier alpha value is -2.58. The molecule has 7 nitrogen and oxygen atoms in total. The summed E-state index contributed by atoms with van der Waals surface area (Å²) in [6.45, 7) is 9.58. The molecule has 0 radical (unpaired) electrons. The van der Waals surface area contributed by atoms with Crippen LogP contribution in [0.1, 0.15) is 31.9 Å². The highest BCUT2D eigenvalue weighted by Gasteiger charge is 2.24. The standard InChI is InChI=1S/C21H28N2O5S/c1-6-23(7-2)29(26,27)17-11-12-19(24)18(13-17)22-21(25)16(5)28-20-10-8-9-14(3)15(20)4/h8-13,16,24H,6-7H2,1-5H3,(H,22,25)/t16-/m0/s1. The van der Waals surface area contributed by atoms with Crippen LogP contribution < -0.4 is 10.1 Å². The first-order valence-electron chi connectivity index (χ1n) is 9.48. The van der Waals surface area contributed by atoms with Gasteiger partial charge in [-0.05, 0) is 56.2 Å². The van der Waals surface area contributed by atoms with Gasteiger partial charge in [0, 0.05) is 13.1 Å². The summed E-state index contributed by atoms with van der Waals surface area (Å²) in [6.07, 6.45) is -0.849. The lowest BCUT2D eigenvalue weighted by Gasteiger charge is -2.20. The van der Waals surface area contributed by atoms with Crippen molar-refractivity contribution < 1.29 is 23.1 Å². The molecule has 1 atom stereocenters. The van der Waals surface area contributed by atoms with Gasteiger partial charge in [-0.1, -0.05) is 26.0 Å². The van der Waals surface area contributed by atoms with E-state index in [1.54, 1.807) is 26.8 Å². The van der Waals surface area contributed by atoms with Crippen molar-refractivity contribution in [2.45, 2.75) is 45.6 Å². The number of amides is 1. The third-order valence-electron chi connectivity index (χ3n) is 4.80. The second-order valence-corrected chi connectivity index (χ2v) is 8.65. The lowest BCUT2D eigenvalue weighted by molar-refractivity contribution is -0.122. The van der Waals surface area contributed by atoms with Gasteiger partial charge >= 0.3 is 0 Å². The van der Waals surface area contributed by atoms with Crippen LogP contribution in [0.3, 0.4) is 0 Å². The Morgan fingerprint density at radius 1 is 1.17 bits per heavy atom. The third-order valence-corrected chi connectivity index (χ3v) is 6.84. The van der Waals surface area contributed by atoms with E-state index >= 15 is 0 Å². The molecule has 2 aromatic carbocycles. The van der Waals surface area contributed by atoms with Crippen molar-refractivity contribution in [3.05, 3.63) is 47.5 Å². The molecule has 8 heteroatoms. The van der Waals surface area contributed by atoms with Crippen molar-refractivity contribution in [1.29, 1.82) is 0 Å². The number of anilines is 1. The zero-order chi connectivity index (χ0) is 21.8. The number of nitrogens with zero attached hydrogens (tertiary/aromatic N) is 1. The molecule has 0 fully saturated rings. The summed E-state index contributed by atoms with van der Waals surface area (Å²) in [5.41, 5.74) is 1.99. The van der Waals surface area contributed by atoms with E-state index in [1.807, 2.05) is 26.0 Å². The summed E-state index contributed by atoms with van der Waals surface area (Å²) in [4.78, 5) is 12.6. The second-order valence-electron chi connectivity index (χ2n) is 6.72. The molecular weight excluding hydrogens is 392 g/mol. The second kappa shape index (κ2) is 9.28. The Bertz CT molecular complexity index is 985. The van der Waals surface area contributed by atoms with Crippen LogP contribution in [0.15, 0.2) is 41.3 Å². The maximum Gasteiger partial charge on any atom is 0.265 e. The van der Waals surface area contributed by atoms with Gasteiger partial charge < -0.3 is 15.2 Å². The van der Waals surface area contributed by atoms with Gasteiger partial charge in [-0.15, -0.1) is 0 Å². The van der Waals surface area contributed by atoms with Crippen LogP contribution in [-0.2, 0) is 14.8 Å². The van der Waals surface area contributed by atoms with Crippen LogP contribution in [0.4, 0.5) is 5.69 Å². The van der Waals surface area contributed by atoms with Crippen LogP contribution in [0.5, 0.6) is 11.5 Å². The monoisotopic (exact) mass is 420 g/mol. The smallest absolute Gasteiger partial charge is 0.265 e. The maximum absolute atomic E-state index is 12.7. The van der Waals surface area contributed by atoms with Crippen LogP contribution in [0.25, 0.3) is 0 Å². The van der Waals surface area contributed by atoms with Crippen molar-refractivity contribution in [2.75, 3.05) is 18.4 Å². The van der Waals surface area contributed by atoms with Gasteiger partial charge in [0.15, 0.2) is 6.10 Å². The fourth-order valence-electron chi connectivity index (χ4n) is 2.82. The summed E-state index contributed by atoms with van der Waals surface area (Å²) in [5, 5.41) is 12.6. The molecule has 0 aliphatic carbocycles. The van der Waals surface area contributed by atoms with Gasteiger partial charge in [0.25, 0.3) is 5.91 Å². The molecule has 1 amide bonds. The number of phenolic OH excluding ortho intramolecular Hbond substituents is 1. The maximum atomic E-state index is 12.7. The molecule has 2 rings (SSSR count). The number of aryl methyl sites for hydroxylation is 1. The SMILES string of the molecule is CCN(CC)S(=O)(=O)c1ccc(O)c(NC(=O)[C@H](C)Oc2cccc(C)c2C)c1. The van der Waals surface area contributed by atoms with Crippen LogP contribution >= 0.6 is 0 Å². The summed E-state index contributed by atoms with van der Waals surface area (Å²) >= 11 is 0. The first kappa shape index (κ1) is 22.7. The molecular formula is C21H28N2O5S. The van der Waals surface area contributed by atoms with E-state index in [4.69, 9.17) is 4.74 Å². The minimum atomic E-state index is -3.72. The van der Waals surface area contributed by atoms with Crippen molar-refractivity contribution in [1.82, 2.24) is 4.31 Å². The minimum Gasteiger partial charge on any atom is -0.506 e. The highest BCUT2D eigenvalue weighted by molar-refractivity contribution is 7.89. The molecule has 0 aromatic heterocycles. The van der Waals surface area contributed by atoms with Gasteiger partial charge in [-0.3, -0.25) is 4.79 Å². The van der Waals surface area contributed by atoms with Gasteiger partial charge in [0.05, 0.1) is 10.6 Å². The highest BCUT2D eigenvalue weighted by atomic mass is 32.2. The van der Waals surface area contributed by atoms with Crippen molar-refractivity contribution in [2.24, 2.45) is 0 Å². The summed E-state index contributed by atoms with van der Waals surface area (Å²) < 4.78 is 32.4. The number of rotatable bonds is 8. The summed E-state index contributed by atoms with van der Waals surface area (Å²) in [6, 6.07) is 9.39. The van der Waals surface area contributed by atoms with E-state index in [0.29, 0.717) is 18.8 Å². The highest BCUT2D eigenvalue weighted by Crippen LogP contribution is 2.28. The summed E-state index contributed by atoms with van der Waals surface area (Å²) in [5.74, 6) is -0.135. The zero-order valence-corrected chi connectivity index (χ0v) is 18.2. The number of carbonyl (C=O) groups excluding carboxylic acids is 1. The number of sulfonamides is 1. The number of benzene rings is 2. The molecule has 0 saturated heterocycles. The van der Waals surface area contributed by atoms with Crippen molar-refractivity contribution in [3.63, 3.8) is 0 Å². The summed E-state index contributed by atoms with van der Waals surface area (Å²) in [7, 11) is -3.72. The zero-order valence-electron chi connectivity index (χ0n) is 17.4. The fraction of sp³-hybridized carbons (Fsp3) is 0.381. The predicted molar refractivity (Wildman–Crippen MR) is 113 cm³/mol. The molecule has 0 aliphatic rings. The van der Waals surface area contributed by atoms with Crippen LogP contribution in [-0.4, -0.2) is 42.9 Å². The topological polar surface area (TPSA) is 95.9 Å². The largest absolute Gasteiger partial charge is 0.506 e. The van der Waals surface area contributed by atoms with Gasteiger partial charge in [-0.2, -0.15) is 4.31 Å². The number of hydrogen-bond donors (Lipinski definition) is 2. The number of ether oxygens (including phenoxy) is 1. The Balaban J connectivity index is 2.22. The molecule has 2 N–H and O–H groups in total. The number of nitrogens with one attached hydrogen (secondary N) is 1. The van der Waals surface area contributed by atoms with E-state index < -0.39 is 22.0 Å². The van der Waals surface area contributed by atoms with Gasteiger partial charge in [0.1, 0.15) is 11.5 Å². The number of carbonyl (C=O) groups is 1. The average Bonchev–Trinajstić information content (AvgIpc) is 2.67. The Labute approximate surface area is 172 Å². The van der Waals surface area contributed by atoms with Crippen LogP contribution in [0.2, 0.25) is 0 Å². The molecule has 0 spiro atoms. The van der Waals surface area contributed by atoms with E-state index in [-0.39, 0.29) is 16.3 Å². The molecule has 0 bridgehead atoms. The molecule has 0 heterocycles. The van der Waals surface area contributed by atoms with E-state index in [9.17, 15) is 18.3 Å². The van der Waals surface area contributed by atoms with E-state index in [1.165, 1.54) is 22.5 Å². The molecule has 29 heavy (non-hydrogen) atoms. The lowest BCUT2D eigenvalue weighted by atomic mass is 10.1. The quantitative estimate of drug-likeness (QED) is 0.638. The van der Waals surface area contributed by atoms with Gasteiger partial charge in [-0.25, -0.2) is 8.42 Å². The number of phenols is 1.